The molecule has 0 bridgehead atoms. The first-order valence-electron chi connectivity index (χ1n) is 6.00. The van der Waals surface area contributed by atoms with E-state index in [0.717, 1.165) is 12.0 Å². The van der Waals surface area contributed by atoms with E-state index in [-0.39, 0.29) is 12.0 Å². The van der Waals surface area contributed by atoms with E-state index in [2.05, 4.69) is 24.9 Å². The Morgan fingerprint density at radius 3 is 2.65 bits per heavy atom. The number of esters is 1. The normalized spacial score (nSPS) is 13.1. The van der Waals surface area contributed by atoms with Crippen molar-refractivity contribution in [3.63, 3.8) is 0 Å². The molecule has 3 heteroatoms. The van der Waals surface area contributed by atoms with Crippen molar-refractivity contribution in [1.29, 1.82) is 0 Å². The van der Waals surface area contributed by atoms with Gasteiger partial charge in [0.25, 0.3) is 0 Å². The van der Waals surface area contributed by atoms with Gasteiger partial charge in [0, 0.05) is 0 Å². The lowest BCUT2D eigenvalue weighted by atomic mass is 10.1. The summed E-state index contributed by atoms with van der Waals surface area (Å²) in [5, 5.41) is 2.93. The molecule has 0 spiro atoms. The Hall–Kier alpha value is -1.35. The molecule has 0 aliphatic rings. The van der Waals surface area contributed by atoms with Crippen LogP contribution < -0.4 is 5.32 Å². The average molecular weight is 237 g/mol. The van der Waals surface area contributed by atoms with Gasteiger partial charge < -0.3 is 10.1 Å². The van der Waals surface area contributed by atoms with Crippen molar-refractivity contribution in [3.8, 4) is 0 Å². The second kappa shape index (κ2) is 9.85. The van der Waals surface area contributed by atoms with Gasteiger partial charge in [0.2, 0.25) is 0 Å². The Kier molecular flexibility index (Phi) is 9.06. The van der Waals surface area contributed by atoms with E-state index in [1.54, 1.807) is 14.0 Å². The van der Waals surface area contributed by atoms with Gasteiger partial charge in [0.15, 0.2) is 0 Å². The third-order valence-electron chi connectivity index (χ3n) is 2.20. The van der Waals surface area contributed by atoms with Crippen LogP contribution in [0.5, 0.6) is 0 Å². The lowest BCUT2D eigenvalue weighted by Crippen LogP contribution is -2.35. The molecule has 0 fully saturated rings. The number of carbonyl (C=O) groups excluding carboxylic acids is 1. The van der Waals surface area contributed by atoms with E-state index < -0.39 is 0 Å². The minimum atomic E-state index is -0.317. The zero-order valence-electron chi connectivity index (χ0n) is 11.0. The van der Waals surface area contributed by atoms with Gasteiger partial charge in [-0.3, -0.25) is 4.79 Å². The van der Waals surface area contributed by atoms with Crippen LogP contribution in [-0.2, 0) is 9.53 Å². The number of carbonyl (C=O) groups is 1. The van der Waals surface area contributed by atoms with Crippen molar-refractivity contribution < 1.29 is 9.53 Å². The van der Waals surface area contributed by atoms with E-state index in [0.29, 0.717) is 13.0 Å². The summed E-state index contributed by atoms with van der Waals surface area (Å²) in [6, 6.07) is -0.317. The van der Waals surface area contributed by atoms with Gasteiger partial charge in [-0.25, -0.2) is 0 Å². The lowest BCUT2D eigenvalue weighted by molar-refractivity contribution is -0.145. The molecule has 0 heterocycles. The van der Waals surface area contributed by atoms with Crippen LogP contribution in [0.15, 0.2) is 36.5 Å². The fourth-order valence-electron chi connectivity index (χ4n) is 1.28. The fraction of sp³-hybridized carbons (Fsp3) is 0.500. The maximum absolute atomic E-state index is 11.5. The third kappa shape index (κ3) is 7.53. The largest absolute Gasteiger partial charge is 0.465 e. The standard InChI is InChI=1S/C14H23NO2/c1-5-7-8-9-10-12(3)11-13(15-4)14(16)17-6-2/h7-10,13,15H,3,5-6,11H2,1-2,4H3/b8-7-,10-9-. The summed E-state index contributed by atoms with van der Waals surface area (Å²) in [5.41, 5.74) is 0.901. The highest BCUT2D eigenvalue weighted by atomic mass is 16.5. The van der Waals surface area contributed by atoms with Crippen molar-refractivity contribution >= 4 is 5.97 Å². The second-order valence-electron chi connectivity index (χ2n) is 3.65. The van der Waals surface area contributed by atoms with Crippen molar-refractivity contribution in [1.82, 2.24) is 5.32 Å². The fourth-order valence-corrected chi connectivity index (χ4v) is 1.28. The number of hydrogen-bond donors (Lipinski definition) is 1. The molecule has 0 aliphatic heterocycles. The summed E-state index contributed by atoms with van der Waals surface area (Å²) >= 11 is 0. The van der Waals surface area contributed by atoms with Gasteiger partial charge in [-0.05, 0) is 26.8 Å². The van der Waals surface area contributed by atoms with E-state index in [1.165, 1.54) is 0 Å². The van der Waals surface area contributed by atoms with Gasteiger partial charge in [-0.15, -0.1) is 0 Å². The first kappa shape index (κ1) is 15.7. The molecule has 0 saturated heterocycles. The Labute approximate surface area is 104 Å². The molecular weight excluding hydrogens is 214 g/mol. The maximum atomic E-state index is 11.5. The van der Waals surface area contributed by atoms with E-state index in [9.17, 15) is 4.79 Å². The van der Waals surface area contributed by atoms with Crippen LogP contribution in [0.25, 0.3) is 0 Å². The average Bonchev–Trinajstić information content (AvgIpc) is 2.32. The van der Waals surface area contributed by atoms with Crippen LogP contribution in [0.1, 0.15) is 26.7 Å². The molecule has 0 rings (SSSR count). The Morgan fingerprint density at radius 2 is 2.12 bits per heavy atom. The molecule has 3 nitrogen and oxygen atoms in total. The molecule has 1 unspecified atom stereocenters. The van der Waals surface area contributed by atoms with Crippen LogP contribution in [0, 0.1) is 0 Å². The number of rotatable bonds is 8. The van der Waals surface area contributed by atoms with Gasteiger partial charge in [-0.1, -0.05) is 43.4 Å². The highest BCUT2D eigenvalue weighted by Gasteiger charge is 2.17. The minimum Gasteiger partial charge on any atom is -0.465 e. The predicted octanol–water partition coefficient (Wildman–Crippen LogP) is 2.61. The Balaban J connectivity index is 4.19. The lowest BCUT2D eigenvalue weighted by Gasteiger charge is -2.14. The summed E-state index contributed by atoms with van der Waals surface area (Å²) < 4.78 is 4.96. The van der Waals surface area contributed by atoms with Crippen LogP contribution in [0.2, 0.25) is 0 Å². The monoisotopic (exact) mass is 237 g/mol. The highest BCUT2D eigenvalue weighted by Crippen LogP contribution is 2.06. The van der Waals surface area contributed by atoms with Crippen LogP contribution in [0.4, 0.5) is 0 Å². The van der Waals surface area contributed by atoms with Crippen molar-refractivity contribution in [2.45, 2.75) is 32.7 Å². The van der Waals surface area contributed by atoms with Crippen molar-refractivity contribution in [3.05, 3.63) is 36.5 Å². The Bertz CT molecular complexity index is 293. The number of likely N-dealkylation sites (N-methyl/N-ethyl adjacent to an activating group) is 1. The molecule has 0 saturated carbocycles. The van der Waals surface area contributed by atoms with Gasteiger partial charge in [-0.2, -0.15) is 0 Å². The first-order chi connectivity index (χ1) is 8.15. The zero-order chi connectivity index (χ0) is 13.1. The van der Waals surface area contributed by atoms with E-state index >= 15 is 0 Å². The predicted molar refractivity (Wildman–Crippen MR) is 71.8 cm³/mol. The van der Waals surface area contributed by atoms with Crippen molar-refractivity contribution in [2.24, 2.45) is 0 Å². The molecule has 17 heavy (non-hydrogen) atoms. The third-order valence-corrected chi connectivity index (χ3v) is 2.20. The summed E-state index contributed by atoms with van der Waals surface area (Å²) in [7, 11) is 1.75. The summed E-state index contributed by atoms with van der Waals surface area (Å²) in [5.74, 6) is -0.228. The topological polar surface area (TPSA) is 38.3 Å². The Morgan fingerprint density at radius 1 is 1.41 bits per heavy atom. The molecule has 96 valence electrons. The number of hydrogen-bond acceptors (Lipinski definition) is 3. The minimum absolute atomic E-state index is 0.228. The molecule has 0 aromatic carbocycles. The molecule has 0 aromatic rings. The molecule has 0 radical (unpaired) electrons. The molecule has 0 amide bonds. The molecule has 1 atom stereocenters. The summed E-state index contributed by atoms with van der Waals surface area (Å²) in [6.45, 7) is 8.20. The van der Waals surface area contributed by atoms with Crippen molar-refractivity contribution in [2.75, 3.05) is 13.7 Å². The SMILES string of the molecule is C=C(/C=C\C=C/CC)CC(NC)C(=O)OCC. The summed E-state index contributed by atoms with van der Waals surface area (Å²) in [6.07, 6.45) is 9.46. The number of ether oxygens (including phenoxy) is 1. The maximum Gasteiger partial charge on any atom is 0.323 e. The molecular formula is C14H23NO2. The number of allylic oxidation sites excluding steroid dienone is 4. The number of nitrogens with one attached hydrogen (secondary N) is 1. The van der Waals surface area contributed by atoms with Crippen LogP contribution >= 0.6 is 0 Å². The molecule has 1 N–H and O–H groups in total. The first-order valence-corrected chi connectivity index (χ1v) is 6.00. The molecule has 0 aliphatic carbocycles. The highest BCUT2D eigenvalue weighted by molar-refractivity contribution is 5.76. The second-order valence-corrected chi connectivity index (χ2v) is 3.65. The van der Waals surface area contributed by atoms with Crippen LogP contribution in [-0.4, -0.2) is 25.7 Å². The van der Waals surface area contributed by atoms with Gasteiger partial charge in [0.1, 0.15) is 6.04 Å². The van der Waals surface area contributed by atoms with Gasteiger partial charge >= 0.3 is 5.97 Å². The smallest absolute Gasteiger partial charge is 0.323 e. The summed E-state index contributed by atoms with van der Waals surface area (Å²) in [4.78, 5) is 11.5. The van der Waals surface area contributed by atoms with E-state index in [1.807, 2.05) is 18.2 Å². The molecule has 0 aromatic heterocycles. The quantitative estimate of drug-likeness (QED) is 0.521. The van der Waals surface area contributed by atoms with E-state index in [4.69, 9.17) is 4.74 Å². The van der Waals surface area contributed by atoms with Gasteiger partial charge in [0.05, 0.1) is 6.61 Å². The zero-order valence-corrected chi connectivity index (χ0v) is 11.0. The van der Waals surface area contributed by atoms with Crippen LogP contribution in [0.3, 0.4) is 0 Å².